The second-order valence-electron chi connectivity index (χ2n) is 7.47. The molecule has 1 aliphatic carbocycles. The van der Waals surface area contributed by atoms with Crippen LogP contribution in [0, 0.1) is 16.7 Å². The van der Waals surface area contributed by atoms with Crippen molar-refractivity contribution < 1.29 is 9.59 Å². The fourth-order valence-electron chi connectivity index (χ4n) is 3.68. The Kier molecular flexibility index (Phi) is 4.34. The molecule has 0 bridgehead atoms. The van der Waals surface area contributed by atoms with Crippen LogP contribution in [0.25, 0.3) is 0 Å². The number of aldehydes is 1. The van der Waals surface area contributed by atoms with Crippen LogP contribution in [-0.2, 0) is 15.0 Å². The summed E-state index contributed by atoms with van der Waals surface area (Å²) in [6.45, 7) is 2.33. The van der Waals surface area contributed by atoms with E-state index in [2.05, 4.69) is 21.4 Å². The summed E-state index contributed by atoms with van der Waals surface area (Å²) >= 11 is 0. The van der Waals surface area contributed by atoms with Gasteiger partial charge < -0.3 is 10.1 Å². The number of hydrogen-bond donors (Lipinski definition) is 1. The predicted octanol–water partition coefficient (Wildman–Crippen LogP) is 3.11. The molecular weight excluding hydrogens is 354 g/mol. The van der Waals surface area contributed by atoms with E-state index in [4.69, 9.17) is 0 Å². The minimum absolute atomic E-state index is 0.199. The number of nitriles is 1. The zero-order chi connectivity index (χ0) is 19.8. The highest BCUT2D eigenvalue weighted by Crippen LogP contribution is 2.46. The van der Waals surface area contributed by atoms with Crippen molar-refractivity contribution in [3.8, 4) is 6.07 Å². The molecule has 1 N–H and O–H groups in total. The molecule has 1 saturated heterocycles. The maximum Gasteiger partial charge on any atom is 0.248 e. The van der Waals surface area contributed by atoms with E-state index in [1.165, 1.54) is 0 Å². The lowest BCUT2D eigenvalue weighted by Gasteiger charge is -2.19. The molecule has 7 nitrogen and oxygen atoms in total. The van der Waals surface area contributed by atoms with Crippen LogP contribution in [0.15, 0.2) is 36.5 Å². The molecule has 0 unspecified atom stereocenters. The quantitative estimate of drug-likeness (QED) is 0.779. The van der Waals surface area contributed by atoms with Crippen molar-refractivity contribution in [1.82, 2.24) is 9.97 Å². The summed E-state index contributed by atoms with van der Waals surface area (Å²) in [6.07, 6.45) is 5.43. The van der Waals surface area contributed by atoms with E-state index in [-0.39, 0.29) is 11.3 Å². The summed E-state index contributed by atoms with van der Waals surface area (Å²) in [7, 11) is 0. The van der Waals surface area contributed by atoms with Gasteiger partial charge in [-0.3, -0.25) is 9.69 Å². The summed E-state index contributed by atoms with van der Waals surface area (Å²) in [5.41, 5.74) is 0.580. The van der Waals surface area contributed by atoms with E-state index in [1.54, 1.807) is 17.2 Å². The molecule has 4 rings (SSSR count). The van der Waals surface area contributed by atoms with Gasteiger partial charge in [-0.2, -0.15) is 10.2 Å². The number of rotatable bonds is 6. The minimum Gasteiger partial charge on any atom is -0.324 e. The van der Waals surface area contributed by atoms with Gasteiger partial charge >= 0.3 is 0 Å². The average Bonchev–Trinajstić information content (AvgIpc) is 3.46. The standard InChI is InChI=1S/C21H21N5O2/c1-2-20(13-22)10-12-26(18(20)28)17-7-11-23-19(25-17)24-16-5-3-15(4-6-16)21(14-27)8-9-21/h3-7,11,14H,2,8-10,12H2,1H3,(H,23,24,25)/t20-/m1/s1. The van der Waals surface area contributed by atoms with Crippen LogP contribution >= 0.6 is 0 Å². The third-order valence-electron chi connectivity index (χ3n) is 5.88. The monoisotopic (exact) mass is 375 g/mol. The van der Waals surface area contributed by atoms with Crippen LogP contribution in [0.1, 0.15) is 38.2 Å². The van der Waals surface area contributed by atoms with E-state index in [0.717, 1.165) is 30.4 Å². The van der Waals surface area contributed by atoms with Crippen molar-refractivity contribution in [2.24, 2.45) is 5.41 Å². The van der Waals surface area contributed by atoms with Crippen LogP contribution in [0.5, 0.6) is 0 Å². The van der Waals surface area contributed by atoms with Gasteiger partial charge in [-0.25, -0.2) is 4.98 Å². The van der Waals surface area contributed by atoms with E-state index >= 15 is 0 Å². The molecule has 1 amide bonds. The molecule has 142 valence electrons. The third kappa shape index (κ3) is 2.91. The lowest BCUT2D eigenvalue weighted by atomic mass is 9.85. The maximum absolute atomic E-state index is 12.7. The first-order chi connectivity index (χ1) is 13.6. The highest BCUT2D eigenvalue weighted by molar-refractivity contribution is 6.01. The molecule has 2 aliphatic rings. The Hall–Kier alpha value is -3.27. The Labute approximate surface area is 163 Å². The second-order valence-corrected chi connectivity index (χ2v) is 7.47. The van der Waals surface area contributed by atoms with Crippen molar-refractivity contribution in [3.63, 3.8) is 0 Å². The molecule has 2 fully saturated rings. The summed E-state index contributed by atoms with van der Waals surface area (Å²) in [5.74, 6) is 0.665. The van der Waals surface area contributed by atoms with Gasteiger partial charge in [-0.1, -0.05) is 19.1 Å². The second kappa shape index (κ2) is 6.71. The Morgan fingerprint density at radius 2 is 2.00 bits per heavy atom. The number of carbonyl (C=O) groups is 2. The Balaban J connectivity index is 1.51. The van der Waals surface area contributed by atoms with Gasteiger partial charge in [0.05, 0.1) is 11.5 Å². The SMILES string of the molecule is CC[C@]1(C#N)CCN(c2ccnc(Nc3ccc(C4(C=O)CC4)cc3)n2)C1=O. The number of amides is 1. The van der Waals surface area contributed by atoms with E-state index in [9.17, 15) is 14.9 Å². The minimum atomic E-state index is -0.953. The summed E-state index contributed by atoms with van der Waals surface area (Å²) in [6, 6.07) is 11.5. The Morgan fingerprint density at radius 3 is 2.57 bits per heavy atom. The molecule has 2 aromatic rings. The van der Waals surface area contributed by atoms with Gasteiger partial charge in [0.1, 0.15) is 17.5 Å². The lowest BCUT2D eigenvalue weighted by molar-refractivity contribution is -0.123. The zero-order valence-electron chi connectivity index (χ0n) is 15.7. The number of aromatic nitrogens is 2. The van der Waals surface area contributed by atoms with Gasteiger partial charge in [-0.15, -0.1) is 0 Å². The highest BCUT2D eigenvalue weighted by atomic mass is 16.2. The van der Waals surface area contributed by atoms with Gasteiger partial charge in [0, 0.05) is 18.4 Å². The van der Waals surface area contributed by atoms with Crippen LogP contribution in [0.2, 0.25) is 0 Å². The fourth-order valence-corrected chi connectivity index (χ4v) is 3.68. The molecule has 1 aliphatic heterocycles. The molecule has 0 radical (unpaired) electrons. The van der Waals surface area contributed by atoms with Crippen molar-refractivity contribution in [2.45, 2.75) is 38.0 Å². The summed E-state index contributed by atoms with van der Waals surface area (Å²) in [5, 5.41) is 12.6. The molecule has 2 heterocycles. The Morgan fingerprint density at radius 1 is 1.25 bits per heavy atom. The van der Waals surface area contributed by atoms with Crippen LogP contribution < -0.4 is 10.2 Å². The smallest absolute Gasteiger partial charge is 0.248 e. The molecule has 1 atom stereocenters. The number of anilines is 3. The number of hydrogen-bond acceptors (Lipinski definition) is 6. The topological polar surface area (TPSA) is 99.0 Å². The van der Waals surface area contributed by atoms with Crippen LogP contribution in [-0.4, -0.2) is 28.7 Å². The largest absolute Gasteiger partial charge is 0.324 e. The van der Waals surface area contributed by atoms with Gasteiger partial charge in [-0.05, 0) is 49.4 Å². The number of carbonyl (C=O) groups excluding carboxylic acids is 2. The third-order valence-corrected chi connectivity index (χ3v) is 5.88. The molecule has 1 saturated carbocycles. The van der Waals surface area contributed by atoms with E-state index in [0.29, 0.717) is 31.2 Å². The first kappa shape index (κ1) is 18.1. The average molecular weight is 375 g/mol. The first-order valence-electron chi connectivity index (χ1n) is 9.46. The molecule has 28 heavy (non-hydrogen) atoms. The summed E-state index contributed by atoms with van der Waals surface area (Å²) in [4.78, 5) is 34.2. The molecule has 0 spiro atoms. The van der Waals surface area contributed by atoms with Crippen molar-refractivity contribution >= 4 is 29.6 Å². The predicted molar refractivity (Wildman–Crippen MR) is 104 cm³/mol. The number of nitrogens with zero attached hydrogens (tertiary/aromatic N) is 4. The normalized spacial score (nSPS) is 22.6. The molecule has 1 aromatic heterocycles. The van der Waals surface area contributed by atoms with E-state index in [1.807, 2.05) is 31.2 Å². The first-order valence-corrected chi connectivity index (χ1v) is 9.46. The molecular formula is C21H21N5O2. The zero-order valence-corrected chi connectivity index (χ0v) is 15.7. The van der Waals surface area contributed by atoms with Crippen molar-refractivity contribution in [3.05, 3.63) is 42.1 Å². The van der Waals surface area contributed by atoms with Crippen LogP contribution in [0.4, 0.5) is 17.5 Å². The lowest BCUT2D eigenvalue weighted by Crippen LogP contribution is -2.33. The fraction of sp³-hybridized carbons (Fsp3) is 0.381. The molecule has 1 aromatic carbocycles. The maximum atomic E-state index is 12.7. The van der Waals surface area contributed by atoms with E-state index < -0.39 is 5.41 Å². The summed E-state index contributed by atoms with van der Waals surface area (Å²) < 4.78 is 0. The van der Waals surface area contributed by atoms with Gasteiger partial charge in [0.2, 0.25) is 11.9 Å². The number of benzene rings is 1. The highest BCUT2D eigenvalue weighted by Gasteiger charge is 2.47. The van der Waals surface area contributed by atoms with Gasteiger partial charge in [0.25, 0.3) is 0 Å². The van der Waals surface area contributed by atoms with Crippen LogP contribution in [0.3, 0.4) is 0 Å². The number of nitrogens with one attached hydrogen (secondary N) is 1. The molecule has 7 heteroatoms. The van der Waals surface area contributed by atoms with Gasteiger partial charge in [0.15, 0.2) is 0 Å². The Bertz CT molecular complexity index is 962. The van der Waals surface area contributed by atoms with Crippen molar-refractivity contribution in [1.29, 1.82) is 5.26 Å². The van der Waals surface area contributed by atoms with Crippen molar-refractivity contribution in [2.75, 3.05) is 16.8 Å².